The van der Waals surface area contributed by atoms with E-state index in [0.29, 0.717) is 0 Å². The van der Waals surface area contributed by atoms with E-state index in [4.69, 9.17) is 14.6 Å². The van der Waals surface area contributed by atoms with Gasteiger partial charge in [-0.1, -0.05) is 12.8 Å². The summed E-state index contributed by atoms with van der Waals surface area (Å²) >= 11 is 0. The molecule has 0 radical (unpaired) electrons. The van der Waals surface area contributed by atoms with Crippen LogP contribution in [0.5, 0.6) is 0 Å². The number of rotatable bonds is 5. The van der Waals surface area contributed by atoms with Crippen molar-refractivity contribution in [2.45, 2.75) is 31.7 Å². The largest absolute Gasteiger partial charge is 0.478 e. The maximum Gasteiger partial charge on any atom is 0.338 e. The fraction of sp³-hybridized carbons (Fsp3) is 0.538. The molecule has 1 aliphatic carbocycles. The Bertz CT molecular complexity index is 461. The van der Waals surface area contributed by atoms with Crippen molar-refractivity contribution in [3.63, 3.8) is 0 Å². The summed E-state index contributed by atoms with van der Waals surface area (Å²) < 4.78 is 5.02. The number of aliphatic hydroxyl groups excluding tert-OH is 1. The molecule has 6 heteroatoms. The molecule has 0 atom stereocenters. The Hall–Kier alpha value is -1.82. The Kier molecular flexibility index (Phi) is 4.21. The number of aromatic carboxylic acids is 1. The topological polar surface area (TPSA) is 91.0 Å². The first-order valence-corrected chi connectivity index (χ1v) is 6.37. The number of hydrogen-bond acceptors (Lipinski definition) is 4. The number of carbonyl (C=O) groups is 2. The average Bonchev–Trinajstić information content (AvgIpc) is 3.05. The lowest BCUT2D eigenvalue weighted by atomic mass is 10.2. The number of aliphatic hydroxyl groups is 1. The number of carboxylic acids is 1. The Morgan fingerprint density at radius 2 is 2.05 bits per heavy atom. The zero-order valence-electron chi connectivity index (χ0n) is 10.5. The molecule has 19 heavy (non-hydrogen) atoms. The summed E-state index contributed by atoms with van der Waals surface area (Å²) in [4.78, 5) is 24.6. The molecule has 0 unspecified atom stereocenters. The first kappa shape index (κ1) is 13.6. The minimum atomic E-state index is -1.13. The van der Waals surface area contributed by atoms with Crippen molar-refractivity contribution >= 4 is 11.9 Å². The molecule has 1 amide bonds. The lowest BCUT2D eigenvalue weighted by Gasteiger charge is -2.27. The minimum Gasteiger partial charge on any atom is -0.478 e. The van der Waals surface area contributed by atoms with E-state index in [1.807, 2.05) is 0 Å². The van der Waals surface area contributed by atoms with Gasteiger partial charge in [-0.05, 0) is 12.8 Å². The van der Waals surface area contributed by atoms with Crippen LogP contribution in [0.4, 0.5) is 0 Å². The molecule has 1 aromatic heterocycles. The summed E-state index contributed by atoms with van der Waals surface area (Å²) in [6, 6.07) is 1.34. The van der Waals surface area contributed by atoms with Crippen molar-refractivity contribution in [1.29, 1.82) is 0 Å². The summed E-state index contributed by atoms with van der Waals surface area (Å²) in [5.74, 6) is -1.47. The van der Waals surface area contributed by atoms with Crippen molar-refractivity contribution in [1.82, 2.24) is 4.90 Å². The zero-order chi connectivity index (χ0) is 13.8. The van der Waals surface area contributed by atoms with E-state index in [0.717, 1.165) is 31.9 Å². The quantitative estimate of drug-likeness (QED) is 0.840. The third-order valence-corrected chi connectivity index (χ3v) is 3.42. The van der Waals surface area contributed by atoms with E-state index < -0.39 is 5.97 Å². The summed E-state index contributed by atoms with van der Waals surface area (Å²) in [6.45, 7) is 0.126. The Morgan fingerprint density at radius 1 is 1.37 bits per heavy atom. The average molecular weight is 267 g/mol. The standard InChI is InChI=1S/C13H17NO5/c15-6-5-14(10-3-1-2-4-10)12(16)11-7-9(8-19-11)13(17)18/h7-8,10,15H,1-6H2,(H,17,18). The molecule has 1 aliphatic rings. The molecule has 6 nitrogen and oxygen atoms in total. The molecule has 2 rings (SSSR count). The van der Waals surface area contributed by atoms with Gasteiger partial charge in [0.1, 0.15) is 6.26 Å². The van der Waals surface area contributed by atoms with Crippen LogP contribution in [0.25, 0.3) is 0 Å². The third kappa shape index (κ3) is 2.96. The second kappa shape index (κ2) is 5.88. The zero-order valence-corrected chi connectivity index (χ0v) is 10.5. The van der Waals surface area contributed by atoms with Crippen LogP contribution in [0.15, 0.2) is 16.7 Å². The second-order valence-electron chi connectivity index (χ2n) is 4.67. The molecule has 0 spiro atoms. The number of hydrogen-bond donors (Lipinski definition) is 2. The van der Waals surface area contributed by atoms with E-state index in [2.05, 4.69) is 0 Å². The maximum absolute atomic E-state index is 12.3. The van der Waals surface area contributed by atoms with Crippen LogP contribution in [0.2, 0.25) is 0 Å². The van der Waals surface area contributed by atoms with Gasteiger partial charge >= 0.3 is 5.97 Å². The van der Waals surface area contributed by atoms with E-state index in [1.165, 1.54) is 6.07 Å². The predicted molar refractivity (Wildman–Crippen MR) is 66.0 cm³/mol. The number of furan rings is 1. The van der Waals surface area contributed by atoms with Gasteiger partial charge in [0.25, 0.3) is 5.91 Å². The normalized spacial score (nSPS) is 15.6. The monoisotopic (exact) mass is 267 g/mol. The number of carbonyl (C=O) groups excluding carboxylic acids is 1. The summed E-state index contributed by atoms with van der Waals surface area (Å²) in [5, 5.41) is 17.9. The van der Waals surface area contributed by atoms with Gasteiger partial charge in [0, 0.05) is 18.7 Å². The van der Waals surface area contributed by atoms with E-state index in [9.17, 15) is 9.59 Å². The molecule has 1 aromatic rings. The molecule has 1 saturated carbocycles. The highest BCUT2D eigenvalue weighted by Gasteiger charge is 2.29. The van der Waals surface area contributed by atoms with Crippen molar-refractivity contribution in [3.8, 4) is 0 Å². The van der Waals surface area contributed by atoms with Crippen molar-refractivity contribution in [3.05, 3.63) is 23.7 Å². The fourth-order valence-electron chi connectivity index (χ4n) is 2.48. The van der Waals surface area contributed by atoms with Gasteiger partial charge in [0.2, 0.25) is 0 Å². The second-order valence-corrected chi connectivity index (χ2v) is 4.67. The molecular formula is C13H17NO5. The minimum absolute atomic E-state index is 0.0118. The van der Waals surface area contributed by atoms with Crippen LogP contribution >= 0.6 is 0 Å². The van der Waals surface area contributed by atoms with Crippen molar-refractivity contribution in [2.24, 2.45) is 0 Å². The number of nitrogens with zero attached hydrogens (tertiary/aromatic N) is 1. The highest BCUT2D eigenvalue weighted by atomic mass is 16.4. The van der Waals surface area contributed by atoms with Gasteiger partial charge in [-0.2, -0.15) is 0 Å². The van der Waals surface area contributed by atoms with Crippen LogP contribution in [0.3, 0.4) is 0 Å². The molecule has 2 N–H and O–H groups in total. The van der Waals surface area contributed by atoms with Gasteiger partial charge in [0.05, 0.1) is 12.2 Å². The van der Waals surface area contributed by atoms with Crippen molar-refractivity contribution in [2.75, 3.05) is 13.2 Å². The van der Waals surface area contributed by atoms with Crippen LogP contribution in [0, 0.1) is 0 Å². The van der Waals surface area contributed by atoms with Gasteiger partial charge < -0.3 is 19.5 Å². The molecular weight excluding hydrogens is 250 g/mol. The summed E-state index contributed by atoms with van der Waals surface area (Å²) in [5.41, 5.74) is -0.0429. The molecule has 104 valence electrons. The highest BCUT2D eigenvalue weighted by molar-refractivity contribution is 5.95. The first-order chi connectivity index (χ1) is 9.13. The number of carboxylic acid groups (broad SMARTS) is 1. The molecule has 0 saturated heterocycles. The molecule has 0 aromatic carbocycles. The molecule has 1 heterocycles. The third-order valence-electron chi connectivity index (χ3n) is 3.42. The number of amides is 1. The van der Waals surface area contributed by atoms with Gasteiger partial charge in [0.15, 0.2) is 5.76 Å². The van der Waals surface area contributed by atoms with Gasteiger partial charge in [-0.25, -0.2) is 4.79 Å². The van der Waals surface area contributed by atoms with Crippen LogP contribution < -0.4 is 0 Å². The van der Waals surface area contributed by atoms with E-state index >= 15 is 0 Å². The van der Waals surface area contributed by atoms with Gasteiger partial charge in [-0.15, -0.1) is 0 Å². The van der Waals surface area contributed by atoms with Crippen LogP contribution in [-0.4, -0.2) is 46.2 Å². The smallest absolute Gasteiger partial charge is 0.338 e. The molecule has 1 fully saturated rings. The molecule has 0 aliphatic heterocycles. The highest BCUT2D eigenvalue weighted by Crippen LogP contribution is 2.25. The van der Waals surface area contributed by atoms with Gasteiger partial charge in [-0.3, -0.25) is 4.79 Å². The fourth-order valence-corrected chi connectivity index (χ4v) is 2.48. The first-order valence-electron chi connectivity index (χ1n) is 6.37. The Morgan fingerprint density at radius 3 is 2.58 bits per heavy atom. The van der Waals surface area contributed by atoms with E-state index in [-0.39, 0.29) is 36.4 Å². The summed E-state index contributed by atoms with van der Waals surface area (Å²) in [7, 11) is 0. The predicted octanol–water partition coefficient (Wildman–Crippen LogP) is 1.35. The lowest BCUT2D eigenvalue weighted by molar-refractivity contribution is 0.0605. The van der Waals surface area contributed by atoms with Crippen LogP contribution in [-0.2, 0) is 0 Å². The van der Waals surface area contributed by atoms with Crippen molar-refractivity contribution < 1.29 is 24.2 Å². The molecule has 0 bridgehead atoms. The maximum atomic E-state index is 12.3. The Balaban J connectivity index is 2.15. The summed E-state index contributed by atoms with van der Waals surface area (Å²) in [6.07, 6.45) is 5.02. The lowest BCUT2D eigenvalue weighted by Crippen LogP contribution is -2.40. The van der Waals surface area contributed by atoms with E-state index in [1.54, 1.807) is 4.90 Å². The Labute approximate surface area is 110 Å². The SMILES string of the molecule is O=C(O)c1coc(C(=O)N(CCO)C2CCCC2)c1. The van der Waals surface area contributed by atoms with Crippen LogP contribution in [0.1, 0.15) is 46.6 Å².